The van der Waals surface area contributed by atoms with Crippen LogP contribution in [0.25, 0.3) is 0 Å². The van der Waals surface area contributed by atoms with Gasteiger partial charge >= 0.3 is 0 Å². The van der Waals surface area contributed by atoms with E-state index < -0.39 is 15.9 Å². The molecule has 9 heteroatoms. The van der Waals surface area contributed by atoms with Gasteiger partial charge in [-0.2, -0.15) is 0 Å². The second-order valence-corrected chi connectivity index (χ2v) is 10.1. The van der Waals surface area contributed by atoms with Crippen LogP contribution < -0.4 is 4.72 Å². The molecule has 0 unspecified atom stereocenters. The van der Waals surface area contributed by atoms with E-state index in [4.69, 9.17) is 0 Å². The van der Waals surface area contributed by atoms with Crippen molar-refractivity contribution >= 4 is 21.8 Å². The zero-order valence-corrected chi connectivity index (χ0v) is 20.1. The Morgan fingerprint density at radius 3 is 1.94 bits per heavy atom. The first-order valence-corrected chi connectivity index (χ1v) is 13.0. The topological polar surface area (TPSA) is 99.7 Å². The molecule has 2 amide bonds. The first-order valence-electron chi connectivity index (χ1n) is 11.5. The van der Waals surface area contributed by atoms with Gasteiger partial charge in [-0.1, -0.05) is 60.7 Å². The Labute approximate surface area is 205 Å². The number of benzene rings is 2. The Hall–Kier alpha value is -3.56. The van der Waals surface area contributed by atoms with Crippen LogP contribution >= 0.6 is 0 Å². The quantitative estimate of drug-likeness (QED) is 0.520. The smallest absolute Gasteiger partial charge is 0.242 e. The van der Waals surface area contributed by atoms with Gasteiger partial charge in [0.15, 0.2) is 0 Å². The predicted octanol–water partition coefficient (Wildman–Crippen LogP) is 2.25. The van der Waals surface area contributed by atoms with E-state index in [0.717, 1.165) is 11.1 Å². The molecule has 4 rings (SSSR count). The summed E-state index contributed by atoms with van der Waals surface area (Å²) < 4.78 is 27.0. The first-order chi connectivity index (χ1) is 17.0. The van der Waals surface area contributed by atoms with E-state index in [9.17, 15) is 18.0 Å². The molecule has 2 heterocycles. The van der Waals surface area contributed by atoms with Crippen molar-refractivity contribution < 1.29 is 18.0 Å². The Bertz CT molecular complexity index is 1190. The minimum absolute atomic E-state index is 0.000700. The van der Waals surface area contributed by atoms with E-state index >= 15 is 0 Å². The number of nitrogens with zero attached hydrogens (tertiary/aromatic N) is 3. The van der Waals surface area contributed by atoms with Gasteiger partial charge in [-0.15, -0.1) is 0 Å². The number of hydrogen-bond donors (Lipinski definition) is 1. The van der Waals surface area contributed by atoms with Crippen LogP contribution in [0.3, 0.4) is 0 Å². The zero-order chi connectivity index (χ0) is 24.7. The van der Waals surface area contributed by atoms with Crippen molar-refractivity contribution in [2.75, 3.05) is 32.7 Å². The van der Waals surface area contributed by atoms with Crippen molar-refractivity contribution in [3.8, 4) is 0 Å². The Balaban J connectivity index is 1.33. The van der Waals surface area contributed by atoms with E-state index in [1.807, 2.05) is 60.7 Å². The highest BCUT2D eigenvalue weighted by Crippen LogP contribution is 2.27. The molecule has 0 spiro atoms. The molecule has 1 aliphatic heterocycles. The first kappa shape index (κ1) is 24.6. The number of carbonyl (C=O) groups is 2. The Kier molecular flexibility index (Phi) is 7.89. The SMILES string of the molecule is O=C(CCNS(=O)(=O)c1cccnc1)N1CCN(C(=O)C(c2ccccc2)c2ccccc2)CC1. The van der Waals surface area contributed by atoms with Gasteiger partial charge in [0.2, 0.25) is 21.8 Å². The van der Waals surface area contributed by atoms with E-state index in [2.05, 4.69) is 9.71 Å². The molecule has 0 saturated carbocycles. The third-order valence-corrected chi connectivity index (χ3v) is 7.48. The predicted molar refractivity (Wildman–Crippen MR) is 132 cm³/mol. The molecular formula is C26H28N4O4S. The second-order valence-electron chi connectivity index (χ2n) is 8.30. The number of amides is 2. The van der Waals surface area contributed by atoms with E-state index in [0.29, 0.717) is 26.2 Å². The molecular weight excluding hydrogens is 464 g/mol. The van der Waals surface area contributed by atoms with Crippen LogP contribution in [0.1, 0.15) is 23.5 Å². The number of rotatable bonds is 8. The Morgan fingerprint density at radius 1 is 0.829 bits per heavy atom. The number of sulfonamides is 1. The van der Waals surface area contributed by atoms with Crippen LogP contribution in [0, 0.1) is 0 Å². The summed E-state index contributed by atoms with van der Waals surface area (Å²) in [6.45, 7) is 1.69. The van der Waals surface area contributed by atoms with Crippen molar-refractivity contribution in [1.82, 2.24) is 19.5 Å². The van der Waals surface area contributed by atoms with Crippen LogP contribution in [0.4, 0.5) is 0 Å². The lowest BCUT2D eigenvalue weighted by molar-refractivity contribution is -0.139. The fourth-order valence-electron chi connectivity index (χ4n) is 4.17. The van der Waals surface area contributed by atoms with Gasteiger partial charge in [-0.3, -0.25) is 14.6 Å². The van der Waals surface area contributed by atoms with Crippen LogP contribution in [0.5, 0.6) is 0 Å². The van der Waals surface area contributed by atoms with Crippen LogP contribution in [-0.4, -0.2) is 67.7 Å². The zero-order valence-electron chi connectivity index (χ0n) is 19.3. The minimum Gasteiger partial charge on any atom is -0.339 e. The normalized spacial score (nSPS) is 14.2. The van der Waals surface area contributed by atoms with Crippen molar-refractivity contribution in [3.05, 3.63) is 96.3 Å². The fourth-order valence-corrected chi connectivity index (χ4v) is 5.16. The molecule has 3 aromatic rings. The number of aromatic nitrogens is 1. The van der Waals surface area contributed by atoms with Gasteiger partial charge in [0.1, 0.15) is 4.90 Å². The summed E-state index contributed by atoms with van der Waals surface area (Å²) in [6.07, 6.45) is 2.80. The molecule has 35 heavy (non-hydrogen) atoms. The summed E-state index contributed by atoms with van der Waals surface area (Å²) in [4.78, 5) is 33.5. The molecule has 0 aliphatic carbocycles. The van der Waals surface area contributed by atoms with Gasteiger partial charge < -0.3 is 9.80 Å². The number of pyridine rings is 1. The number of carbonyl (C=O) groups excluding carboxylic acids is 2. The average molecular weight is 493 g/mol. The summed E-state index contributed by atoms with van der Waals surface area (Å²) in [5.41, 5.74) is 1.87. The van der Waals surface area contributed by atoms with Crippen molar-refractivity contribution in [3.63, 3.8) is 0 Å². The van der Waals surface area contributed by atoms with Gasteiger partial charge in [0.05, 0.1) is 5.92 Å². The molecule has 1 fully saturated rings. The van der Waals surface area contributed by atoms with Gasteiger partial charge in [0.25, 0.3) is 0 Å². The summed E-state index contributed by atoms with van der Waals surface area (Å²) in [6, 6.07) is 22.4. The van der Waals surface area contributed by atoms with Gasteiger partial charge in [-0.25, -0.2) is 13.1 Å². The molecule has 8 nitrogen and oxygen atoms in total. The third kappa shape index (κ3) is 6.12. The molecule has 0 radical (unpaired) electrons. The number of hydrogen-bond acceptors (Lipinski definition) is 5. The standard InChI is InChI=1S/C26H28N4O4S/c31-24(13-15-28-35(33,34)23-12-7-14-27-20-23)29-16-18-30(19-17-29)26(32)25(21-8-3-1-4-9-21)22-10-5-2-6-11-22/h1-12,14,20,25,28H,13,15-19H2. The summed E-state index contributed by atoms with van der Waals surface area (Å²) >= 11 is 0. The van der Waals surface area contributed by atoms with E-state index in [1.165, 1.54) is 18.5 Å². The van der Waals surface area contributed by atoms with Crippen molar-refractivity contribution in [1.29, 1.82) is 0 Å². The highest BCUT2D eigenvalue weighted by Gasteiger charge is 2.30. The summed E-state index contributed by atoms with van der Waals surface area (Å²) in [5.74, 6) is -0.533. The maximum atomic E-state index is 13.5. The summed E-state index contributed by atoms with van der Waals surface area (Å²) in [5, 5.41) is 0. The molecule has 1 aromatic heterocycles. The van der Waals surface area contributed by atoms with Gasteiger partial charge in [-0.05, 0) is 23.3 Å². The molecule has 1 saturated heterocycles. The molecule has 1 aliphatic rings. The maximum absolute atomic E-state index is 13.5. The number of nitrogens with one attached hydrogen (secondary N) is 1. The fraction of sp³-hybridized carbons (Fsp3) is 0.269. The highest BCUT2D eigenvalue weighted by atomic mass is 32.2. The largest absolute Gasteiger partial charge is 0.339 e. The maximum Gasteiger partial charge on any atom is 0.242 e. The third-order valence-electron chi connectivity index (χ3n) is 6.03. The average Bonchev–Trinajstić information content (AvgIpc) is 2.90. The van der Waals surface area contributed by atoms with Crippen molar-refractivity contribution in [2.24, 2.45) is 0 Å². The minimum atomic E-state index is -3.71. The lowest BCUT2D eigenvalue weighted by Gasteiger charge is -2.36. The van der Waals surface area contributed by atoms with Crippen LogP contribution in [0.2, 0.25) is 0 Å². The molecule has 0 bridgehead atoms. The lowest BCUT2D eigenvalue weighted by Crippen LogP contribution is -2.52. The second kappa shape index (κ2) is 11.2. The molecule has 2 aromatic carbocycles. The van der Waals surface area contributed by atoms with Crippen LogP contribution in [-0.2, 0) is 19.6 Å². The molecule has 1 N–H and O–H groups in total. The molecule has 0 atom stereocenters. The van der Waals surface area contributed by atoms with Gasteiger partial charge in [0, 0.05) is 51.5 Å². The number of piperazine rings is 1. The lowest BCUT2D eigenvalue weighted by atomic mass is 9.90. The Morgan fingerprint density at radius 2 is 1.40 bits per heavy atom. The highest BCUT2D eigenvalue weighted by molar-refractivity contribution is 7.89. The summed E-state index contributed by atoms with van der Waals surface area (Å²) in [7, 11) is -3.71. The van der Waals surface area contributed by atoms with Crippen molar-refractivity contribution in [2.45, 2.75) is 17.2 Å². The van der Waals surface area contributed by atoms with Crippen LogP contribution in [0.15, 0.2) is 90.1 Å². The van der Waals surface area contributed by atoms with E-state index in [1.54, 1.807) is 15.9 Å². The monoisotopic (exact) mass is 492 g/mol. The molecule has 182 valence electrons. The van der Waals surface area contributed by atoms with E-state index in [-0.39, 0.29) is 29.7 Å².